The number of para-hydroxylation sites is 1. The van der Waals surface area contributed by atoms with Gasteiger partial charge in [0.05, 0.1) is 11.9 Å². The molecule has 132 valence electrons. The largest absolute Gasteiger partial charge is 0.451 e. The Morgan fingerprint density at radius 1 is 1.36 bits per heavy atom. The second-order valence-corrected chi connectivity index (χ2v) is 5.94. The number of hydrogen-bond acceptors (Lipinski definition) is 4. The molecule has 2 heterocycles. The number of anilines is 1. The molecule has 0 spiro atoms. The van der Waals surface area contributed by atoms with Gasteiger partial charge >= 0.3 is 0 Å². The number of amides is 1. The molecule has 0 fully saturated rings. The van der Waals surface area contributed by atoms with E-state index in [1.165, 1.54) is 12.4 Å². The van der Waals surface area contributed by atoms with Gasteiger partial charge in [-0.2, -0.15) is 5.10 Å². The first-order valence-corrected chi connectivity index (χ1v) is 7.71. The second-order valence-electron chi connectivity index (χ2n) is 5.94. The number of halogens is 2. The lowest BCUT2D eigenvalue weighted by Crippen LogP contribution is -2.17. The molecule has 0 aliphatic carbocycles. The van der Waals surface area contributed by atoms with Crippen molar-refractivity contribution in [3.63, 3.8) is 0 Å². The molecule has 0 unspecified atom stereocenters. The number of hydrogen-bond donors (Lipinski definition) is 1. The third kappa shape index (κ3) is 3.85. The fourth-order valence-electron chi connectivity index (χ4n) is 2.61. The molecule has 25 heavy (non-hydrogen) atoms. The third-order valence-electron chi connectivity index (χ3n) is 3.60. The number of carbonyl (C=O) groups is 1. The van der Waals surface area contributed by atoms with E-state index in [0.717, 1.165) is 15.6 Å². The monoisotopic (exact) mass is 348 g/mol. The van der Waals surface area contributed by atoms with Gasteiger partial charge in [0.15, 0.2) is 5.76 Å². The number of aromatic nitrogens is 2. The van der Waals surface area contributed by atoms with Crippen LogP contribution in [-0.2, 0) is 13.1 Å². The quantitative estimate of drug-likeness (QED) is 0.743. The van der Waals surface area contributed by atoms with Crippen molar-refractivity contribution in [1.82, 2.24) is 14.7 Å². The highest BCUT2D eigenvalue weighted by Crippen LogP contribution is 2.27. The SMILES string of the molecule is CN(C)Cc1c(C(=O)Nc2cnn(CC(F)F)c2)oc2ccccc12. The highest BCUT2D eigenvalue weighted by atomic mass is 19.3. The van der Waals surface area contributed by atoms with Gasteiger partial charge in [0.25, 0.3) is 12.3 Å². The van der Waals surface area contributed by atoms with Crippen LogP contribution < -0.4 is 5.32 Å². The van der Waals surface area contributed by atoms with Gasteiger partial charge in [0.1, 0.15) is 12.1 Å². The molecule has 8 heteroatoms. The molecule has 0 radical (unpaired) electrons. The Morgan fingerprint density at radius 3 is 2.84 bits per heavy atom. The molecule has 3 aromatic rings. The molecule has 1 aromatic carbocycles. The first-order chi connectivity index (χ1) is 11.9. The minimum atomic E-state index is -2.51. The lowest BCUT2D eigenvalue weighted by atomic mass is 10.1. The molecule has 1 amide bonds. The van der Waals surface area contributed by atoms with E-state index in [0.29, 0.717) is 17.8 Å². The van der Waals surface area contributed by atoms with E-state index in [1.807, 2.05) is 37.2 Å². The van der Waals surface area contributed by atoms with Crippen molar-refractivity contribution >= 4 is 22.6 Å². The van der Waals surface area contributed by atoms with E-state index in [1.54, 1.807) is 6.07 Å². The van der Waals surface area contributed by atoms with Crippen LogP contribution in [0.2, 0.25) is 0 Å². The molecule has 3 rings (SSSR count). The maximum atomic E-state index is 12.6. The van der Waals surface area contributed by atoms with Crippen LogP contribution in [0.25, 0.3) is 11.0 Å². The van der Waals surface area contributed by atoms with E-state index in [4.69, 9.17) is 4.42 Å². The van der Waals surface area contributed by atoms with Crippen molar-refractivity contribution in [3.8, 4) is 0 Å². The number of fused-ring (bicyclic) bond motifs is 1. The third-order valence-corrected chi connectivity index (χ3v) is 3.60. The zero-order valence-electron chi connectivity index (χ0n) is 13.9. The molecule has 0 atom stereocenters. The van der Waals surface area contributed by atoms with Crippen molar-refractivity contribution in [3.05, 3.63) is 48.0 Å². The number of carbonyl (C=O) groups excluding carboxylic acids is 1. The Bertz CT molecular complexity index is 886. The normalized spacial score (nSPS) is 11.6. The summed E-state index contributed by atoms with van der Waals surface area (Å²) in [6.07, 6.45) is 0.179. The number of nitrogens with zero attached hydrogens (tertiary/aromatic N) is 3. The van der Waals surface area contributed by atoms with Crippen LogP contribution in [0.15, 0.2) is 41.1 Å². The maximum Gasteiger partial charge on any atom is 0.291 e. The van der Waals surface area contributed by atoms with Gasteiger partial charge in [0, 0.05) is 23.7 Å². The highest BCUT2D eigenvalue weighted by Gasteiger charge is 2.21. The van der Waals surface area contributed by atoms with Crippen LogP contribution in [0.1, 0.15) is 16.1 Å². The Morgan fingerprint density at radius 2 is 2.12 bits per heavy atom. The van der Waals surface area contributed by atoms with Crippen molar-refractivity contribution < 1.29 is 18.0 Å². The van der Waals surface area contributed by atoms with E-state index in [2.05, 4.69) is 10.4 Å². The summed E-state index contributed by atoms with van der Waals surface area (Å²) in [5.41, 5.74) is 1.73. The molecule has 0 bridgehead atoms. The molecular formula is C17H18F2N4O2. The van der Waals surface area contributed by atoms with Gasteiger partial charge in [-0.25, -0.2) is 8.78 Å². The average Bonchev–Trinajstić information content (AvgIpc) is 3.11. The van der Waals surface area contributed by atoms with Crippen molar-refractivity contribution in [2.45, 2.75) is 19.5 Å². The number of furan rings is 1. The Balaban J connectivity index is 1.87. The zero-order chi connectivity index (χ0) is 18.0. The molecule has 0 saturated heterocycles. The Kier molecular flexibility index (Phi) is 4.80. The summed E-state index contributed by atoms with van der Waals surface area (Å²) in [7, 11) is 3.80. The van der Waals surface area contributed by atoms with Crippen LogP contribution in [0.5, 0.6) is 0 Å². The molecule has 0 saturated carbocycles. The summed E-state index contributed by atoms with van der Waals surface area (Å²) in [5, 5.41) is 7.32. The standard InChI is InChI=1S/C17H18F2N4O2/c1-22(2)9-13-12-5-3-4-6-14(12)25-16(13)17(24)21-11-7-20-23(8-11)10-15(18)19/h3-8,15H,9-10H2,1-2H3,(H,21,24). The van der Waals surface area contributed by atoms with Gasteiger partial charge < -0.3 is 14.6 Å². The number of nitrogens with one attached hydrogen (secondary N) is 1. The van der Waals surface area contributed by atoms with Crippen LogP contribution in [0.3, 0.4) is 0 Å². The zero-order valence-corrected chi connectivity index (χ0v) is 13.9. The summed E-state index contributed by atoms with van der Waals surface area (Å²) in [6, 6.07) is 7.41. The van der Waals surface area contributed by atoms with Crippen molar-refractivity contribution in [2.75, 3.05) is 19.4 Å². The fourth-order valence-corrected chi connectivity index (χ4v) is 2.61. The Hall–Kier alpha value is -2.74. The van der Waals surface area contributed by atoms with Gasteiger partial charge in [-0.15, -0.1) is 0 Å². The number of alkyl halides is 2. The predicted octanol–water partition coefficient (Wildman–Crippen LogP) is 3.21. The van der Waals surface area contributed by atoms with E-state index < -0.39 is 18.9 Å². The minimum absolute atomic E-state index is 0.205. The van der Waals surface area contributed by atoms with Crippen molar-refractivity contribution in [2.24, 2.45) is 0 Å². The molecular weight excluding hydrogens is 330 g/mol. The second kappa shape index (κ2) is 7.02. The first-order valence-electron chi connectivity index (χ1n) is 7.71. The minimum Gasteiger partial charge on any atom is -0.451 e. The van der Waals surface area contributed by atoms with E-state index in [-0.39, 0.29) is 5.76 Å². The topological polar surface area (TPSA) is 63.3 Å². The van der Waals surface area contributed by atoms with Gasteiger partial charge in [-0.05, 0) is 20.2 Å². The summed E-state index contributed by atoms with van der Waals surface area (Å²) in [5.74, 6) is -0.235. The van der Waals surface area contributed by atoms with Crippen LogP contribution in [0, 0.1) is 0 Å². The lowest BCUT2D eigenvalue weighted by molar-refractivity contribution is 0.0996. The molecule has 2 aromatic heterocycles. The van der Waals surface area contributed by atoms with Gasteiger partial charge in [-0.3, -0.25) is 9.48 Å². The summed E-state index contributed by atoms with van der Waals surface area (Å²) in [6.45, 7) is 0.0107. The van der Waals surface area contributed by atoms with Crippen molar-refractivity contribution in [1.29, 1.82) is 0 Å². The maximum absolute atomic E-state index is 12.6. The highest BCUT2D eigenvalue weighted by molar-refractivity contribution is 6.06. The van der Waals surface area contributed by atoms with E-state index >= 15 is 0 Å². The lowest BCUT2D eigenvalue weighted by Gasteiger charge is -2.09. The molecule has 0 aliphatic heterocycles. The molecule has 1 N–H and O–H groups in total. The number of rotatable bonds is 6. The molecule has 6 nitrogen and oxygen atoms in total. The van der Waals surface area contributed by atoms with E-state index in [9.17, 15) is 13.6 Å². The van der Waals surface area contributed by atoms with Crippen LogP contribution in [0.4, 0.5) is 14.5 Å². The number of benzene rings is 1. The predicted molar refractivity (Wildman–Crippen MR) is 89.8 cm³/mol. The average molecular weight is 348 g/mol. The molecule has 0 aliphatic rings. The van der Waals surface area contributed by atoms with Gasteiger partial charge in [0.2, 0.25) is 0 Å². The summed E-state index contributed by atoms with van der Waals surface area (Å²) in [4.78, 5) is 14.5. The summed E-state index contributed by atoms with van der Waals surface area (Å²) >= 11 is 0. The smallest absolute Gasteiger partial charge is 0.291 e. The fraction of sp³-hybridized carbons (Fsp3) is 0.294. The van der Waals surface area contributed by atoms with Crippen LogP contribution in [-0.4, -0.2) is 41.1 Å². The van der Waals surface area contributed by atoms with Gasteiger partial charge in [-0.1, -0.05) is 18.2 Å². The van der Waals surface area contributed by atoms with Crippen LogP contribution >= 0.6 is 0 Å². The first kappa shape index (κ1) is 17.1. The Labute approximate surface area is 143 Å². The summed E-state index contributed by atoms with van der Waals surface area (Å²) < 4.78 is 31.6.